The molecule has 0 fully saturated rings. The number of aromatic nitrogens is 3. The molecule has 7 nitrogen and oxygen atoms in total. The number of halogens is 3. The van der Waals surface area contributed by atoms with Gasteiger partial charge in [0.2, 0.25) is 0 Å². The fourth-order valence-corrected chi connectivity index (χ4v) is 4.67. The van der Waals surface area contributed by atoms with Gasteiger partial charge in [0.15, 0.2) is 5.82 Å². The predicted molar refractivity (Wildman–Crippen MR) is 108 cm³/mol. The van der Waals surface area contributed by atoms with Gasteiger partial charge in [-0.2, -0.15) is 5.10 Å². The van der Waals surface area contributed by atoms with Crippen LogP contribution < -0.4 is 10.0 Å². The van der Waals surface area contributed by atoms with Crippen molar-refractivity contribution in [1.82, 2.24) is 15.2 Å². The number of benzene rings is 2. The Labute approximate surface area is 172 Å². The van der Waals surface area contributed by atoms with E-state index < -0.39 is 26.6 Å². The lowest BCUT2D eigenvalue weighted by Crippen LogP contribution is -2.15. The topological polar surface area (TPSA) is 99.8 Å². The average Bonchev–Trinajstić information content (AvgIpc) is 3.34. The van der Waals surface area contributed by atoms with Crippen molar-refractivity contribution in [1.29, 1.82) is 0 Å². The summed E-state index contributed by atoms with van der Waals surface area (Å²) in [5, 5.41) is 11.6. The molecule has 29 heavy (non-hydrogen) atoms. The zero-order chi connectivity index (χ0) is 20.6. The highest BCUT2D eigenvalue weighted by molar-refractivity contribution is 7.92. The second-order valence-electron chi connectivity index (χ2n) is 5.96. The lowest BCUT2D eigenvalue weighted by molar-refractivity contribution is 0.570. The number of hydrogen-bond acceptors (Lipinski definition) is 6. The fraction of sp³-hybridized carbons (Fsp3) is 0.0588. The summed E-state index contributed by atoms with van der Waals surface area (Å²) >= 11 is 7.33. The van der Waals surface area contributed by atoms with Gasteiger partial charge in [-0.3, -0.25) is 9.82 Å². The van der Waals surface area contributed by atoms with Gasteiger partial charge in [0.25, 0.3) is 10.0 Å². The van der Waals surface area contributed by atoms with E-state index in [1.54, 1.807) is 12.3 Å². The van der Waals surface area contributed by atoms with Gasteiger partial charge in [-0.25, -0.2) is 22.2 Å². The van der Waals surface area contributed by atoms with Gasteiger partial charge in [0.1, 0.15) is 16.5 Å². The number of sulfonamides is 1. The van der Waals surface area contributed by atoms with E-state index >= 15 is 0 Å². The molecule has 0 spiro atoms. The number of hydrogen-bond donors (Lipinski definition) is 3. The average molecular weight is 456 g/mol. The number of nitrogens with zero attached hydrogens (tertiary/aromatic N) is 2. The van der Waals surface area contributed by atoms with Crippen LogP contribution in [0.4, 0.5) is 20.3 Å². The van der Waals surface area contributed by atoms with Crippen LogP contribution in [0.15, 0.2) is 46.2 Å². The summed E-state index contributed by atoms with van der Waals surface area (Å²) in [7, 11) is -4.21. The van der Waals surface area contributed by atoms with Crippen molar-refractivity contribution in [2.75, 3.05) is 10.0 Å². The molecule has 0 aliphatic heterocycles. The molecule has 2 aromatic carbocycles. The molecule has 0 saturated carbocycles. The summed E-state index contributed by atoms with van der Waals surface area (Å²) in [6, 6.07) is 4.82. The van der Waals surface area contributed by atoms with Crippen molar-refractivity contribution in [2.45, 2.75) is 11.4 Å². The molecule has 0 radical (unpaired) electrons. The molecular formula is C17H12ClF2N5O2S2. The van der Waals surface area contributed by atoms with Gasteiger partial charge in [-0.15, -0.1) is 11.3 Å². The molecule has 0 atom stereocenters. The Bertz CT molecular complexity index is 1290. The van der Waals surface area contributed by atoms with Crippen LogP contribution in [0.1, 0.15) is 5.56 Å². The maximum atomic E-state index is 14.5. The van der Waals surface area contributed by atoms with Crippen molar-refractivity contribution < 1.29 is 17.2 Å². The van der Waals surface area contributed by atoms with E-state index in [0.717, 1.165) is 17.5 Å². The van der Waals surface area contributed by atoms with Gasteiger partial charge < -0.3 is 5.32 Å². The van der Waals surface area contributed by atoms with Crippen LogP contribution in [-0.2, 0) is 16.6 Å². The van der Waals surface area contributed by atoms with E-state index in [1.807, 2.05) is 0 Å². The summed E-state index contributed by atoms with van der Waals surface area (Å²) in [6.07, 6.45) is 1.56. The lowest BCUT2D eigenvalue weighted by Gasteiger charge is -2.13. The largest absolute Gasteiger partial charge is 0.379 e. The monoisotopic (exact) mass is 455 g/mol. The zero-order valence-electron chi connectivity index (χ0n) is 14.4. The Morgan fingerprint density at radius 3 is 2.79 bits per heavy atom. The maximum Gasteiger partial charge on any atom is 0.266 e. The Balaban J connectivity index is 1.60. The molecule has 0 aliphatic carbocycles. The normalized spacial score (nSPS) is 11.7. The molecule has 0 aliphatic rings. The highest BCUT2D eigenvalue weighted by Gasteiger charge is 2.22. The number of fused-ring (bicyclic) bond motifs is 1. The Kier molecular flexibility index (Phi) is 5.11. The van der Waals surface area contributed by atoms with Crippen LogP contribution in [0.3, 0.4) is 0 Å². The summed E-state index contributed by atoms with van der Waals surface area (Å²) in [4.78, 5) is 3.18. The third-order valence-corrected chi connectivity index (χ3v) is 6.37. The highest BCUT2D eigenvalue weighted by Crippen LogP contribution is 2.30. The van der Waals surface area contributed by atoms with Gasteiger partial charge in [0.05, 0.1) is 27.9 Å². The summed E-state index contributed by atoms with van der Waals surface area (Å²) in [6.45, 7) is -0.0201. The number of thiazole rings is 1. The predicted octanol–water partition coefficient (Wildman–Crippen LogP) is 4.36. The van der Waals surface area contributed by atoms with E-state index in [9.17, 15) is 17.2 Å². The molecule has 150 valence electrons. The number of H-pyrrole nitrogens is 1. The minimum atomic E-state index is -4.21. The third-order valence-electron chi connectivity index (χ3n) is 4.11. The molecule has 0 bridgehead atoms. The van der Waals surface area contributed by atoms with E-state index in [-0.39, 0.29) is 23.1 Å². The van der Waals surface area contributed by atoms with E-state index in [1.165, 1.54) is 28.3 Å². The van der Waals surface area contributed by atoms with Crippen LogP contribution in [0.5, 0.6) is 0 Å². The van der Waals surface area contributed by atoms with Crippen molar-refractivity contribution in [3.05, 3.63) is 63.6 Å². The molecule has 3 N–H and O–H groups in total. The molecule has 0 amide bonds. The number of rotatable bonds is 6. The lowest BCUT2D eigenvalue weighted by atomic mass is 10.1. The number of anilines is 2. The third kappa shape index (κ3) is 3.88. The molecule has 2 heterocycles. The smallest absolute Gasteiger partial charge is 0.266 e. The number of nitrogens with one attached hydrogen (secondary N) is 3. The first-order valence-corrected chi connectivity index (χ1v) is 10.9. The van der Waals surface area contributed by atoms with Crippen LogP contribution in [0.25, 0.3) is 10.9 Å². The number of aromatic amines is 1. The Morgan fingerprint density at radius 1 is 1.21 bits per heavy atom. The Hall–Kier alpha value is -2.76. The van der Waals surface area contributed by atoms with Gasteiger partial charge in [-0.1, -0.05) is 11.6 Å². The summed E-state index contributed by atoms with van der Waals surface area (Å²) < 4.78 is 55.7. The van der Waals surface area contributed by atoms with Gasteiger partial charge >= 0.3 is 0 Å². The quantitative estimate of drug-likeness (QED) is 0.401. The molecule has 4 rings (SSSR count). The highest BCUT2D eigenvalue weighted by atomic mass is 35.5. The first-order valence-electron chi connectivity index (χ1n) is 8.09. The SMILES string of the molecule is O=S(=O)(Nc1cscn1)c1cc(Cl)c(NCc2c(F)ccc3cn[nH]c23)cc1F. The van der Waals surface area contributed by atoms with E-state index in [2.05, 4.69) is 25.2 Å². The van der Waals surface area contributed by atoms with Gasteiger partial charge in [0, 0.05) is 22.9 Å². The van der Waals surface area contributed by atoms with Crippen molar-refractivity contribution in [3.63, 3.8) is 0 Å². The summed E-state index contributed by atoms with van der Waals surface area (Å²) in [5.41, 5.74) is 2.35. The van der Waals surface area contributed by atoms with Crippen LogP contribution in [0, 0.1) is 11.6 Å². The molecule has 2 aromatic heterocycles. The van der Waals surface area contributed by atoms with Crippen molar-refractivity contribution in [3.8, 4) is 0 Å². The second-order valence-corrected chi connectivity index (χ2v) is 8.73. The van der Waals surface area contributed by atoms with Crippen LogP contribution in [0.2, 0.25) is 5.02 Å². The van der Waals surface area contributed by atoms with E-state index in [4.69, 9.17) is 11.6 Å². The minimum absolute atomic E-state index is 0.0201. The molecular weight excluding hydrogens is 444 g/mol. The molecule has 12 heteroatoms. The van der Waals surface area contributed by atoms with E-state index in [0.29, 0.717) is 11.1 Å². The van der Waals surface area contributed by atoms with Crippen molar-refractivity contribution in [2.24, 2.45) is 0 Å². The van der Waals surface area contributed by atoms with Gasteiger partial charge in [-0.05, 0) is 24.3 Å². The van der Waals surface area contributed by atoms with Crippen LogP contribution in [-0.4, -0.2) is 23.6 Å². The maximum absolute atomic E-state index is 14.5. The Morgan fingerprint density at radius 2 is 2.03 bits per heavy atom. The first kappa shape index (κ1) is 19.6. The van der Waals surface area contributed by atoms with Crippen LogP contribution >= 0.6 is 22.9 Å². The molecule has 4 aromatic rings. The second kappa shape index (κ2) is 7.58. The fourth-order valence-electron chi connectivity index (χ4n) is 2.73. The first-order chi connectivity index (χ1) is 13.8. The standard InChI is InChI=1S/C17H12ClF2N5O2S2/c18-11-3-15(29(26,27)25-16-7-28-8-22-16)13(20)4-14(11)21-6-10-12(19)2-1-9-5-23-24-17(9)10/h1-5,7-8,21,25H,6H2,(H,23,24). The minimum Gasteiger partial charge on any atom is -0.379 e. The van der Waals surface area contributed by atoms with Crippen molar-refractivity contribution >= 4 is 55.4 Å². The molecule has 0 unspecified atom stereocenters. The summed E-state index contributed by atoms with van der Waals surface area (Å²) in [5.74, 6) is -1.41. The molecule has 0 saturated heterocycles. The zero-order valence-corrected chi connectivity index (χ0v) is 16.8.